The van der Waals surface area contributed by atoms with Crippen LogP contribution in [0, 0.1) is 15.9 Å². The highest BCUT2D eigenvalue weighted by Gasteiger charge is 2.26. The van der Waals surface area contributed by atoms with E-state index < -0.39 is 32.5 Å². The van der Waals surface area contributed by atoms with E-state index in [1.165, 1.54) is 0 Å². The Morgan fingerprint density at radius 2 is 1.41 bits per heavy atom. The molecule has 0 aromatic heterocycles. The smallest absolute Gasteiger partial charge is 0.258 e. The van der Waals surface area contributed by atoms with Gasteiger partial charge < -0.3 is 0 Å². The minimum Gasteiger partial charge on any atom is -0.258 e. The second kappa shape index (κ2) is 7.65. The number of benzene rings is 3. The summed E-state index contributed by atoms with van der Waals surface area (Å²) in [5.74, 6) is -1.10. The van der Waals surface area contributed by atoms with Crippen molar-refractivity contribution in [1.29, 1.82) is 0 Å². The quantitative estimate of drug-likeness (QED) is 0.515. The van der Waals surface area contributed by atoms with E-state index in [4.69, 9.17) is 0 Å². The molecule has 0 radical (unpaired) electrons. The molecule has 0 saturated carbocycles. The average molecular weight is 386 g/mol. The molecule has 27 heavy (non-hydrogen) atoms. The van der Waals surface area contributed by atoms with Crippen molar-refractivity contribution >= 4 is 15.7 Å². The van der Waals surface area contributed by atoms with Crippen molar-refractivity contribution in [3.05, 3.63) is 106 Å². The normalized spacial score (nSPS) is 11.5. The Bertz CT molecular complexity index is 1020. The molecule has 8 heteroatoms. The number of nitro benzene ring substituents is 1. The standard InChI is InChI=1S/C19H15FN2O4S/c20-17-12-11-16(13-18(17)22(23)24)27(25,26)21-19(14-7-3-1-4-8-14)15-9-5-2-6-10-15/h1-13,19,21H. The van der Waals surface area contributed by atoms with Crippen LogP contribution >= 0.6 is 0 Å². The van der Waals surface area contributed by atoms with Crippen molar-refractivity contribution in [3.8, 4) is 0 Å². The van der Waals surface area contributed by atoms with Crippen LogP contribution in [0.1, 0.15) is 17.2 Å². The minimum atomic E-state index is -4.15. The van der Waals surface area contributed by atoms with Gasteiger partial charge in [0.2, 0.25) is 15.8 Å². The first-order valence-electron chi connectivity index (χ1n) is 7.94. The lowest BCUT2D eigenvalue weighted by molar-refractivity contribution is -0.387. The SMILES string of the molecule is O=[N+]([O-])c1cc(S(=O)(=O)NC(c2ccccc2)c2ccccc2)ccc1F. The summed E-state index contributed by atoms with van der Waals surface area (Å²) in [5, 5.41) is 10.9. The third-order valence-electron chi connectivity index (χ3n) is 3.96. The second-order valence-electron chi connectivity index (χ2n) is 5.75. The van der Waals surface area contributed by atoms with Gasteiger partial charge in [0.05, 0.1) is 15.9 Å². The third-order valence-corrected chi connectivity index (χ3v) is 5.38. The van der Waals surface area contributed by atoms with Crippen LogP contribution < -0.4 is 4.72 Å². The predicted molar refractivity (Wildman–Crippen MR) is 98.1 cm³/mol. The fourth-order valence-electron chi connectivity index (χ4n) is 2.64. The molecule has 0 aliphatic heterocycles. The molecule has 0 atom stereocenters. The van der Waals surface area contributed by atoms with Gasteiger partial charge in [-0.1, -0.05) is 60.7 Å². The molecule has 1 N–H and O–H groups in total. The van der Waals surface area contributed by atoms with E-state index in [0.29, 0.717) is 17.2 Å². The highest BCUT2D eigenvalue weighted by molar-refractivity contribution is 7.89. The number of sulfonamides is 1. The zero-order valence-corrected chi connectivity index (χ0v) is 14.8. The van der Waals surface area contributed by atoms with E-state index in [1.54, 1.807) is 48.5 Å². The van der Waals surface area contributed by atoms with Crippen molar-refractivity contribution in [3.63, 3.8) is 0 Å². The highest BCUT2D eigenvalue weighted by Crippen LogP contribution is 2.26. The van der Waals surface area contributed by atoms with Gasteiger partial charge in [-0.2, -0.15) is 9.11 Å². The molecule has 0 bridgehead atoms. The van der Waals surface area contributed by atoms with Gasteiger partial charge >= 0.3 is 5.69 Å². The molecule has 0 heterocycles. The lowest BCUT2D eigenvalue weighted by Crippen LogP contribution is -2.29. The Kier molecular flexibility index (Phi) is 5.29. The van der Waals surface area contributed by atoms with E-state index in [1.807, 2.05) is 12.1 Å². The molecule has 0 aliphatic carbocycles. The fourth-order valence-corrected chi connectivity index (χ4v) is 3.87. The molecule has 0 aliphatic rings. The van der Waals surface area contributed by atoms with Crippen molar-refractivity contribution < 1.29 is 17.7 Å². The maximum absolute atomic E-state index is 13.5. The van der Waals surface area contributed by atoms with Gasteiger partial charge in [0.15, 0.2) is 0 Å². The van der Waals surface area contributed by atoms with Gasteiger partial charge in [-0.15, -0.1) is 0 Å². The summed E-state index contributed by atoms with van der Waals surface area (Å²) in [6.45, 7) is 0. The summed E-state index contributed by atoms with van der Waals surface area (Å²) in [5.41, 5.74) is 0.502. The molecule has 6 nitrogen and oxygen atoms in total. The summed E-state index contributed by atoms with van der Waals surface area (Å²) < 4.78 is 41.7. The van der Waals surface area contributed by atoms with Crippen LogP contribution in [0.15, 0.2) is 83.8 Å². The number of hydrogen-bond acceptors (Lipinski definition) is 4. The number of nitrogens with zero attached hydrogens (tertiary/aromatic N) is 1. The predicted octanol–water partition coefficient (Wildman–Crippen LogP) is 3.80. The molecule has 3 rings (SSSR count). The van der Waals surface area contributed by atoms with Gasteiger partial charge in [0, 0.05) is 6.07 Å². The van der Waals surface area contributed by atoms with E-state index >= 15 is 0 Å². The first kappa shape index (κ1) is 18.7. The molecule has 3 aromatic carbocycles. The maximum atomic E-state index is 13.5. The van der Waals surface area contributed by atoms with E-state index in [0.717, 1.165) is 12.1 Å². The summed E-state index contributed by atoms with van der Waals surface area (Å²) in [7, 11) is -4.15. The van der Waals surface area contributed by atoms with Gasteiger partial charge in [0.1, 0.15) is 0 Å². The number of rotatable bonds is 6. The monoisotopic (exact) mass is 386 g/mol. The summed E-state index contributed by atoms with van der Waals surface area (Å²) in [6.07, 6.45) is 0. The van der Waals surface area contributed by atoms with Crippen LogP contribution in [0.25, 0.3) is 0 Å². The van der Waals surface area contributed by atoms with Crippen LogP contribution in [0.2, 0.25) is 0 Å². The van der Waals surface area contributed by atoms with E-state index in [9.17, 15) is 22.9 Å². The molecule has 0 unspecified atom stereocenters. The zero-order chi connectivity index (χ0) is 19.4. The number of halogens is 1. The first-order chi connectivity index (χ1) is 12.9. The van der Waals surface area contributed by atoms with E-state index in [-0.39, 0.29) is 4.90 Å². The topological polar surface area (TPSA) is 89.3 Å². The second-order valence-corrected chi connectivity index (χ2v) is 7.46. The zero-order valence-electron chi connectivity index (χ0n) is 13.9. The first-order valence-corrected chi connectivity index (χ1v) is 9.43. The van der Waals surface area contributed by atoms with Crippen molar-refractivity contribution in [2.24, 2.45) is 0 Å². The molecule has 3 aromatic rings. The average Bonchev–Trinajstić information content (AvgIpc) is 2.67. The molecule has 138 valence electrons. The minimum absolute atomic E-state index is 0.382. The van der Waals surface area contributed by atoms with Gasteiger partial charge in [-0.05, 0) is 23.3 Å². The largest absolute Gasteiger partial charge is 0.306 e. The maximum Gasteiger partial charge on any atom is 0.306 e. The Balaban J connectivity index is 2.03. The summed E-state index contributed by atoms with van der Waals surface area (Å²) in [4.78, 5) is 9.58. The van der Waals surface area contributed by atoms with Crippen LogP contribution in [0.4, 0.5) is 10.1 Å². The lowest BCUT2D eigenvalue weighted by atomic mass is 10.00. The molecular formula is C19H15FN2O4S. The molecule has 0 spiro atoms. The fraction of sp³-hybridized carbons (Fsp3) is 0.0526. The van der Waals surface area contributed by atoms with Crippen molar-refractivity contribution in [2.45, 2.75) is 10.9 Å². The molecule has 0 saturated heterocycles. The van der Waals surface area contributed by atoms with Gasteiger partial charge in [-0.25, -0.2) is 8.42 Å². The van der Waals surface area contributed by atoms with Gasteiger partial charge in [0.25, 0.3) is 0 Å². The Morgan fingerprint density at radius 3 is 1.89 bits per heavy atom. The van der Waals surface area contributed by atoms with Gasteiger partial charge in [-0.3, -0.25) is 10.1 Å². The Morgan fingerprint density at radius 1 is 0.889 bits per heavy atom. The van der Waals surface area contributed by atoms with Crippen LogP contribution in [-0.4, -0.2) is 13.3 Å². The molecular weight excluding hydrogens is 371 g/mol. The van der Waals surface area contributed by atoms with Crippen molar-refractivity contribution in [2.75, 3.05) is 0 Å². The van der Waals surface area contributed by atoms with Crippen LogP contribution in [0.5, 0.6) is 0 Å². The highest BCUT2D eigenvalue weighted by atomic mass is 32.2. The number of nitrogens with one attached hydrogen (secondary N) is 1. The molecule has 0 amide bonds. The third kappa shape index (κ3) is 4.18. The summed E-state index contributed by atoms with van der Waals surface area (Å²) in [6, 6.07) is 19.6. The number of nitro groups is 1. The molecule has 0 fully saturated rings. The van der Waals surface area contributed by atoms with E-state index in [2.05, 4.69) is 4.72 Å². The number of hydrogen-bond donors (Lipinski definition) is 1. The Labute approximate surface area is 155 Å². The Hall–Kier alpha value is -3.10. The summed E-state index contributed by atoms with van der Waals surface area (Å²) >= 11 is 0. The lowest BCUT2D eigenvalue weighted by Gasteiger charge is -2.20. The van der Waals surface area contributed by atoms with Crippen LogP contribution in [-0.2, 0) is 10.0 Å². The van der Waals surface area contributed by atoms with Crippen molar-refractivity contribution in [1.82, 2.24) is 4.72 Å². The van der Waals surface area contributed by atoms with Crippen LogP contribution in [0.3, 0.4) is 0 Å².